The van der Waals surface area contributed by atoms with Gasteiger partial charge >= 0.3 is 265 Å². The first-order valence-electron chi connectivity index (χ1n) is 18.0. The van der Waals surface area contributed by atoms with Crippen LogP contribution in [0, 0.1) is 0 Å². The summed E-state index contributed by atoms with van der Waals surface area (Å²) in [5, 5.41) is 2.05. The van der Waals surface area contributed by atoms with Gasteiger partial charge in [-0.15, -0.1) is 0 Å². The Morgan fingerprint density at radius 3 is 1.25 bits per heavy atom. The molecule has 9 rings (SSSR count). The topological polar surface area (TPSA) is 91.1 Å². The van der Waals surface area contributed by atoms with Gasteiger partial charge in [-0.2, -0.15) is 0 Å². The van der Waals surface area contributed by atoms with Crippen LogP contribution in [0.15, 0.2) is 127 Å². The van der Waals surface area contributed by atoms with Crippen molar-refractivity contribution < 1.29 is 0 Å². The SMILES string of the molecule is CC.CC.CC.CC.CC1=NC2=NC(=Nc3c4ccccc4c4[n]3[Ga]([I])[NH]C(=NC3=NC(=N4)c4ccccc43)c3ccccc31)c1ccccc12. The van der Waals surface area contributed by atoms with Crippen molar-refractivity contribution in [1.82, 2.24) is 7.30 Å². The monoisotopic (exact) mass is 844 g/mol. The second-order valence-corrected chi connectivity index (χ2v) is 19.8. The normalized spacial score (nSPS) is 14.1. The number of benzene rings is 4. The van der Waals surface area contributed by atoms with Crippen LogP contribution in [-0.2, 0) is 0 Å². The zero-order chi connectivity index (χ0) is 36.7. The van der Waals surface area contributed by atoms with E-state index >= 15 is 0 Å². The zero-order valence-electron chi connectivity index (χ0n) is 30.8. The summed E-state index contributed by atoms with van der Waals surface area (Å²) in [6, 6.07) is 33.0. The van der Waals surface area contributed by atoms with Gasteiger partial charge in [0.2, 0.25) is 0 Å². The zero-order valence-corrected chi connectivity index (χ0v) is 35.4. The van der Waals surface area contributed by atoms with Gasteiger partial charge in [-0.3, -0.25) is 0 Å². The Bertz CT molecular complexity index is 2260. The van der Waals surface area contributed by atoms with Crippen molar-refractivity contribution in [2.24, 2.45) is 30.0 Å². The van der Waals surface area contributed by atoms with Crippen molar-refractivity contribution in [3.8, 4) is 0 Å². The molecule has 0 radical (unpaired) electrons. The van der Waals surface area contributed by atoms with Gasteiger partial charge in [-0.25, -0.2) is 0 Å². The van der Waals surface area contributed by atoms with Gasteiger partial charge in [0.1, 0.15) is 0 Å². The molecule has 5 aromatic rings. The molecule has 51 heavy (non-hydrogen) atoms. The third kappa shape index (κ3) is 6.96. The fourth-order valence-corrected chi connectivity index (χ4v) is 13.3. The molecule has 0 aliphatic carbocycles. The van der Waals surface area contributed by atoms with Crippen molar-refractivity contribution in [2.75, 3.05) is 0 Å². The van der Waals surface area contributed by atoms with Gasteiger partial charge in [0.25, 0.3) is 0 Å². The molecule has 0 unspecified atom stereocenters. The standard InChI is InChI=1S/C33H20N8.4C2H6.Ga.HI/c1-18-19-10-2-3-11-20(19)27(34)36-29-22-13-5-7-15-24(22)31(38-29)40-33-26-17-9-8-16-25(26)32(41-33)39-30-23-14-6-4-12-21(23)28(35-18)37-30;4*1-2;;/h2-17H,1H3,(H-2,34,35,36,37,38,39,40,41);4*1-2H3;;1H/q-2;;;;;+3;/p-1. The van der Waals surface area contributed by atoms with E-state index in [1.54, 1.807) is 0 Å². The molecule has 0 amide bonds. The molecule has 0 saturated carbocycles. The predicted molar refractivity (Wildman–Crippen MR) is 229 cm³/mol. The molecular weight excluding hydrogens is 801 g/mol. The van der Waals surface area contributed by atoms with Crippen LogP contribution < -0.4 is 4.02 Å². The summed E-state index contributed by atoms with van der Waals surface area (Å²) in [5.41, 5.74) is 6.68. The van der Waals surface area contributed by atoms with Gasteiger partial charge in [-0.1, -0.05) is 55.4 Å². The number of aromatic nitrogens is 1. The van der Waals surface area contributed by atoms with E-state index in [1.165, 1.54) is 0 Å². The number of nitrogens with zero attached hydrogens (tertiary/aromatic N) is 7. The van der Waals surface area contributed by atoms with Crippen molar-refractivity contribution in [3.05, 3.63) is 130 Å². The molecule has 1 N–H and O–H groups in total. The van der Waals surface area contributed by atoms with E-state index in [-0.39, 0.29) is 0 Å². The van der Waals surface area contributed by atoms with Crippen LogP contribution in [0.5, 0.6) is 0 Å². The van der Waals surface area contributed by atoms with Crippen LogP contribution in [0.1, 0.15) is 95.7 Å². The van der Waals surface area contributed by atoms with E-state index in [1.807, 2.05) is 98.7 Å². The third-order valence-electron chi connectivity index (χ3n) is 8.08. The first kappa shape index (κ1) is 37.9. The first-order chi connectivity index (χ1) is 25.1. The Labute approximate surface area is 318 Å². The molecule has 4 aliphatic heterocycles. The Morgan fingerprint density at radius 1 is 0.451 bits per heavy atom. The van der Waals surface area contributed by atoms with Crippen molar-refractivity contribution in [1.29, 1.82) is 0 Å². The van der Waals surface area contributed by atoms with Crippen LogP contribution in [0.4, 0.5) is 11.6 Å². The second-order valence-electron chi connectivity index (χ2n) is 10.6. The van der Waals surface area contributed by atoms with E-state index in [9.17, 15) is 0 Å². The maximum absolute atomic E-state index is 5.32. The van der Waals surface area contributed by atoms with Crippen molar-refractivity contribution in [3.63, 3.8) is 0 Å². The van der Waals surface area contributed by atoms with Gasteiger partial charge < -0.3 is 0 Å². The molecule has 5 heterocycles. The summed E-state index contributed by atoms with van der Waals surface area (Å²) < 4.78 is 6.23. The summed E-state index contributed by atoms with van der Waals surface area (Å²) in [4.78, 5) is 30.9. The molecule has 258 valence electrons. The number of rotatable bonds is 0. The molecule has 0 fully saturated rings. The summed E-state index contributed by atoms with van der Waals surface area (Å²) in [6.45, 7) is 18.0. The number of amidine groups is 5. The van der Waals surface area contributed by atoms with E-state index in [0.29, 0.717) is 23.3 Å². The molecule has 0 saturated heterocycles. The molecule has 4 aliphatic rings. The van der Waals surface area contributed by atoms with Crippen molar-refractivity contribution in [2.45, 2.75) is 62.3 Å². The van der Waals surface area contributed by atoms with Gasteiger partial charge in [-0.05, 0) is 0 Å². The second kappa shape index (κ2) is 17.2. The van der Waals surface area contributed by atoms with Gasteiger partial charge in [0.15, 0.2) is 0 Å². The number of aliphatic imine (C=N–C) groups is 6. The van der Waals surface area contributed by atoms with Crippen LogP contribution in [0.3, 0.4) is 0 Å². The molecule has 1 aromatic heterocycles. The molecule has 4 aromatic carbocycles. The van der Waals surface area contributed by atoms with E-state index in [4.69, 9.17) is 30.0 Å². The molecule has 8 nitrogen and oxygen atoms in total. The third-order valence-corrected chi connectivity index (χ3v) is 15.6. The fraction of sp³-hybridized carbons (Fsp3) is 0.220. The molecular formula is C41H44GaIN8. The minimum absolute atomic E-state index is 0.650. The van der Waals surface area contributed by atoms with E-state index in [2.05, 4.69) is 87.6 Å². The summed E-state index contributed by atoms with van der Waals surface area (Å²) in [5.74, 6) is 5.08. The van der Waals surface area contributed by atoms with Crippen molar-refractivity contribution >= 4 is 90.1 Å². The van der Waals surface area contributed by atoms with E-state index < -0.39 is 13.2 Å². The number of hydrogen-bond donors (Lipinski definition) is 1. The minimum atomic E-state index is -2.75. The van der Waals surface area contributed by atoms with Crippen LogP contribution >= 0.6 is 19.7 Å². The molecule has 6 bridgehead atoms. The van der Waals surface area contributed by atoms with Crippen LogP contribution in [-0.4, -0.2) is 51.3 Å². The first-order valence-corrected chi connectivity index (χ1v) is 27.6. The quantitative estimate of drug-likeness (QED) is 0.122. The summed E-state index contributed by atoms with van der Waals surface area (Å²) >= 11 is -0.154. The summed E-state index contributed by atoms with van der Waals surface area (Å²) in [6.07, 6.45) is 0. The number of nitrogens with one attached hydrogen (secondary N) is 1. The molecule has 0 spiro atoms. The van der Waals surface area contributed by atoms with Crippen LogP contribution in [0.2, 0.25) is 0 Å². The number of hydrogen-bond acceptors (Lipinski definition) is 7. The number of fused-ring (bicyclic) bond motifs is 15. The molecule has 10 heteroatoms. The average Bonchev–Trinajstić information content (AvgIpc) is 3.83. The Kier molecular flexibility index (Phi) is 12.8. The van der Waals surface area contributed by atoms with E-state index in [0.717, 1.165) is 67.3 Å². The molecule has 0 atom stereocenters. The fourth-order valence-electron chi connectivity index (χ4n) is 6.08. The summed E-state index contributed by atoms with van der Waals surface area (Å²) in [7, 11) is 0. The average molecular weight is 845 g/mol. The van der Waals surface area contributed by atoms with Gasteiger partial charge in [0.05, 0.1) is 0 Å². The maximum atomic E-state index is 5.32. The Balaban J connectivity index is 0.000000592. The number of halogens is 1. The Hall–Kier alpha value is -4.39. The Morgan fingerprint density at radius 2 is 0.804 bits per heavy atom. The van der Waals surface area contributed by atoms with Gasteiger partial charge in [0, 0.05) is 0 Å². The predicted octanol–water partition coefficient (Wildman–Crippen LogP) is 10.6. The van der Waals surface area contributed by atoms with Crippen LogP contribution in [0.25, 0.3) is 10.8 Å².